The summed E-state index contributed by atoms with van der Waals surface area (Å²) in [4.78, 5) is 2.61. The molecular weight excluding hydrogens is 264 g/mol. The standard InChI is InChI=1S/C17H34N2O2/c1-13(2)9-17(19-5-7-20-8-6-19)12-18-16-10-14(3)21-15(4)11-16/h13-18H,5-12H2,1-4H3. The van der Waals surface area contributed by atoms with Crippen LogP contribution < -0.4 is 5.32 Å². The van der Waals surface area contributed by atoms with Crippen molar-refractivity contribution in [1.29, 1.82) is 0 Å². The van der Waals surface area contributed by atoms with E-state index in [1.165, 1.54) is 6.42 Å². The van der Waals surface area contributed by atoms with Crippen molar-refractivity contribution >= 4 is 0 Å². The Bertz CT molecular complexity index is 283. The predicted molar refractivity (Wildman–Crippen MR) is 86.7 cm³/mol. The van der Waals surface area contributed by atoms with Crippen molar-refractivity contribution < 1.29 is 9.47 Å². The topological polar surface area (TPSA) is 33.7 Å². The summed E-state index contributed by atoms with van der Waals surface area (Å²) in [5.41, 5.74) is 0. The van der Waals surface area contributed by atoms with Gasteiger partial charge < -0.3 is 14.8 Å². The van der Waals surface area contributed by atoms with Crippen LogP contribution in [0.15, 0.2) is 0 Å². The maximum absolute atomic E-state index is 5.84. The number of morpholine rings is 1. The van der Waals surface area contributed by atoms with Crippen LogP contribution in [0.25, 0.3) is 0 Å². The molecule has 2 rings (SSSR count). The lowest BCUT2D eigenvalue weighted by molar-refractivity contribution is -0.0439. The van der Waals surface area contributed by atoms with E-state index in [1.807, 2.05) is 0 Å². The number of rotatable bonds is 6. The monoisotopic (exact) mass is 298 g/mol. The van der Waals surface area contributed by atoms with E-state index in [9.17, 15) is 0 Å². The number of ether oxygens (including phenoxy) is 2. The molecule has 2 saturated heterocycles. The van der Waals surface area contributed by atoms with Gasteiger partial charge in [-0.25, -0.2) is 0 Å². The van der Waals surface area contributed by atoms with Crippen LogP contribution in [0.4, 0.5) is 0 Å². The van der Waals surface area contributed by atoms with Gasteiger partial charge in [-0.2, -0.15) is 0 Å². The molecule has 0 saturated carbocycles. The molecule has 0 aromatic carbocycles. The number of nitrogens with zero attached hydrogens (tertiary/aromatic N) is 1. The lowest BCUT2D eigenvalue weighted by Gasteiger charge is -2.38. The first kappa shape index (κ1) is 17.2. The van der Waals surface area contributed by atoms with Gasteiger partial charge in [0.05, 0.1) is 25.4 Å². The Morgan fingerprint density at radius 3 is 2.29 bits per heavy atom. The largest absolute Gasteiger partial charge is 0.379 e. The van der Waals surface area contributed by atoms with Gasteiger partial charge in [0.25, 0.3) is 0 Å². The molecule has 3 unspecified atom stereocenters. The van der Waals surface area contributed by atoms with Gasteiger partial charge in [-0.3, -0.25) is 4.90 Å². The molecule has 2 aliphatic heterocycles. The Morgan fingerprint density at radius 2 is 1.71 bits per heavy atom. The summed E-state index contributed by atoms with van der Waals surface area (Å²) >= 11 is 0. The highest BCUT2D eigenvalue weighted by atomic mass is 16.5. The molecule has 0 amide bonds. The quantitative estimate of drug-likeness (QED) is 0.816. The third-order valence-electron chi connectivity index (χ3n) is 4.65. The molecule has 2 fully saturated rings. The predicted octanol–water partition coefficient (Wildman–Crippen LogP) is 2.28. The lowest BCUT2D eigenvalue weighted by Crippen LogP contribution is -2.51. The summed E-state index contributed by atoms with van der Waals surface area (Å²) in [5, 5.41) is 3.82. The van der Waals surface area contributed by atoms with Gasteiger partial charge in [-0.05, 0) is 39.0 Å². The Balaban J connectivity index is 1.82. The van der Waals surface area contributed by atoms with Gasteiger partial charge in [0.1, 0.15) is 0 Å². The first-order chi connectivity index (χ1) is 10.0. The zero-order valence-electron chi connectivity index (χ0n) is 14.3. The highest BCUT2D eigenvalue weighted by molar-refractivity contribution is 4.83. The third kappa shape index (κ3) is 5.85. The maximum atomic E-state index is 5.84. The molecule has 0 aromatic rings. The van der Waals surface area contributed by atoms with E-state index >= 15 is 0 Å². The molecule has 4 nitrogen and oxygen atoms in total. The van der Waals surface area contributed by atoms with Crippen LogP contribution in [-0.4, -0.2) is 62.0 Å². The Kier molecular flexibility index (Phi) is 6.93. The Hall–Kier alpha value is -0.160. The van der Waals surface area contributed by atoms with Crippen LogP contribution in [-0.2, 0) is 9.47 Å². The molecule has 0 bridgehead atoms. The van der Waals surface area contributed by atoms with Crippen LogP contribution >= 0.6 is 0 Å². The molecule has 124 valence electrons. The summed E-state index contributed by atoms with van der Waals surface area (Å²) in [5.74, 6) is 0.743. The molecule has 4 heteroatoms. The van der Waals surface area contributed by atoms with Crippen LogP contribution in [0.5, 0.6) is 0 Å². The van der Waals surface area contributed by atoms with Crippen molar-refractivity contribution in [2.24, 2.45) is 5.92 Å². The van der Waals surface area contributed by atoms with Gasteiger partial charge in [0, 0.05) is 31.7 Å². The van der Waals surface area contributed by atoms with Gasteiger partial charge in [0.15, 0.2) is 0 Å². The van der Waals surface area contributed by atoms with Crippen LogP contribution in [0.1, 0.15) is 47.0 Å². The van der Waals surface area contributed by atoms with E-state index in [0.29, 0.717) is 24.3 Å². The fraction of sp³-hybridized carbons (Fsp3) is 1.00. The van der Waals surface area contributed by atoms with Crippen molar-refractivity contribution in [3.63, 3.8) is 0 Å². The normalized spacial score (nSPS) is 33.3. The van der Waals surface area contributed by atoms with Crippen LogP contribution in [0.2, 0.25) is 0 Å². The van der Waals surface area contributed by atoms with Gasteiger partial charge in [-0.1, -0.05) is 13.8 Å². The van der Waals surface area contributed by atoms with E-state index in [-0.39, 0.29) is 0 Å². The number of nitrogens with one attached hydrogen (secondary N) is 1. The van der Waals surface area contributed by atoms with Crippen molar-refractivity contribution in [3.8, 4) is 0 Å². The highest BCUT2D eigenvalue weighted by Crippen LogP contribution is 2.20. The molecule has 0 radical (unpaired) electrons. The Morgan fingerprint density at radius 1 is 1.10 bits per heavy atom. The second-order valence-electron chi connectivity index (χ2n) is 7.27. The second kappa shape index (κ2) is 8.47. The first-order valence-corrected chi connectivity index (χ1v) is 8.75. The van der Waals surface area contributed by atoms with E-state index in [4.69, 9.17) is 9.47 Å². The molecule has 0 aliphatic carbocycles. The Labute approximate surface area is 130 Å². The summed E-state index contributed by atoms with van der Waals surface area (Å²) in [6.45, 7) is 14.1. The molecule has 3 atom stereocenters. The average molecular weight is 298 g/mol. The molecule has 1 N–H and O–H groups in total. The van der Waals surface area contributed by atoms with Crippen molar-refractivity contribution in [3.05, 3.63) is 0 Å². The summed E-state index contributed by atoms with van der Waals surface area (Å²) in [6.07, 6.45) is 4.32. The van der Waals surface area contributed by atoms with Gasteiger partial charge >= 0.3 is 0 Å². The summed E-state index contributed by atoms with van der Waals surface area (Å²) in [6, 6.07) is 1.25. The van der Waals surface area contributed by atoms with E-state index < -0.39 is 0 Å². The molecule has 2 aliphatic rings. The minimum absolute atomic E-state index is 0.387. The first-order valence-electron chi connectivity index (χ1n) is 8.75. The lowest BCUT2D eigenvalue weighted by atomic mass is 9.98. The smallest absolute Gasteiger partial charge is 0.0594 e. The van der Waals surface area contributed by atoms with Crippen molar-refractivity contribution in [1.82, 2.24) is 10.2 Å². The molecule has 21 heavy (non-hydrogen) atoms. The molecule has 0 spiro atoms. The molecular formula is C17H34N2O2. The molecule has 2 heterocycles. The third-order valence-corrected chi connectivity index (χ3v) is 4.65. The van der Waals surface area contributed by atoms with Gasteiger partial charge in [-0.15, -0.1) is 0 Å². The maximum Gasteiger partial charge on any atom is 0.0594 e. The fourth-order valence-corrected chi connectivity index (χ4v) is 3.72. The average Bonchev–Trinajstić information content (AvgIpc) is 2.43. The second-order valence-corrected chi connectivity index (χ2v) is 7.27. The zero-order valence-corrected chi connectivity index (χ0v) is 14.3. The minimum Gasteiger partial charge on any atom is -0.379 e. The highest BCUT2D eigenvalue weighted by Gasteiger charge is 2.27. The zero-order chi connectivity index (χ0) is 15.2. The van der Waals surface area contributed by atoms with Crippen molar-refractivity contribution in [2.45, 2.75) is 71.2 Å². The van der Waals surface area contributed by atoms with Crippen molar-refractivity contribution in [2.75, 3.05) is 32.8 Å². The number of hydrogen-bond donors (Lipinski definition) is 1. The summed E-state index contributed by atoms with van der Waals surface area (Å²) < 4.78 is 11.3. The van der Waals surface area contributed by atoms with Crippen LogP contribution in [0, 0.1) is 5.92 Å². The van der Waals surface area contributed by atoms with E-state index in [1.54, 1.807) is 0 Å². The van der Waals surface area contributed by atoms with E-state index in [2.05, 4.69) is 37.9 Å². The van der Waals surface area contributed by atoms with Crippen LogP contribution in [0.3, 0.4) is 0 Å². The number of hydrogen-bond acceptors (Lipinski definition) is 4. The minimum atomic E-state index is 0.387. The summed E-state index contributed by atoms with van der Waals surface area (Å²) in [7, 11) is 0. The van der Waals surface area contributed by atoms with Gasteiger partial charge in [0.2, 0.25) is 0 Å². The van der Waals surface area contributed by atoms with E-state index in [0.717, 1.165) is 51.6 Å². The SMILES string of the molecule is CC(C)CC(CNC1CC(C)OC(C)C1)N1CCOCC1. The molecule has 0 aromatic heterocycles. The fourth-order valence-electron chi connectivity index (χ4n) is 3.72.